The quantitative estimate of drug-likeness (QED) is 0.680. The number of aromatic nitrogens is 2. The monoisotopic (exact) mass is 217 g/mol. The van der Waals surface area contributed by atoms with Gasteiger partial charge in [0.05, 0.1) is 6.20 Å². The van der Waals surface area contributed by atoms with Crippen molar-refractivity contribution in [2.24, 2.45) is 0 Å². The summed E-state index contributed by atoms with van der Waals surface area (Å²) in [6, 6.07) is 3.47. The van der Waals surface area contributed by atoms with Gasteiger partial charge in [-0.3, -0.25) is 4.40 Å². The number of pyridine rings is 1. The second-order valence-electron chi connectivity index (χ2n) is 4.77. The lowest BCUT2D eigenvalue weighted by molar-refractivity contribution is 0.568. The summed E-state index contributed by atoms with van der Waals surface area (Å²) in [6.07, 6.45) is 2.75. The predicted octanol–water partition coefficient (Wildman–Crippen LogP) is 2.64. The van der Waals surface area contributed by atoms with Crippen LogP contribution in [0.3, 0.4) is 0 Å². The van der Waals surface area contributed by atoms with E-state index in [0.29, 0.717) is 11.3 Å². The summed E-state index contributed by atoms with van der Waals surface area (Å²) in [5.41, 5.74) is 1.58. The fourth-order valence-corrected chi connectivity index (χ4v) is 1.69. The molecule has 0 atom stereocenters. The molecule has 0 unspecified atom stereocenters. The molecule has 16 heavy (non-hydrogen) atoms. The number of halogens is 1. The Morgan fingerprint density at radius 2 is 2.12 bits per heavy atom. The van der Waals surface area contributed by atoms with Gasteiger partial charge in [-0.05, 0) is 11.5 Å². The van der Waals surface area contributed by atoms with Crippen molar-refractivity contribution in [3.05, 3.63) is 35.5 Å². The first-order valence-corrected chi connectivity index (χ1v) is 5.00. The van der Waals surface area contributed by atoms with E-state index in [1.165, 1.54) is 22.9 Å². The molecular weight excluding hydrogens is 205 g/mol. The molecule has 0 fully saturated rings. The van der Waals surface area contributed by atoms with Gasteiger partial charge in [-0.1, -0.05) is 20.8 Å². The molecule has 4 heteroatoms. The molecule has 2 aromatic rings. The summed E-state index contributed by atoms with van der Waals surface area (Å²) in [7, 11) is 0. The van der Waals surface area contributed by atoms with Crippen LogP contribution in [0.15, 0.2) is 18.5 Å². The first-order chi connectivity index (χ1) is 7.43. The molecule has 2 rings (SSSR count). The van der Waals surface area contributed by atoms with Gasteiger partial charge >= 0.3 is 0 Å². The molecule has 0 amide bonds. The van der Waals surface area contributed by atoms with E-state index >= 15 is 0 Å². The van der Waals surface area contributed by atoms with E-state index in [2.05, 4.69) is 4.98 Å². The standard InChI is InChI=1S/C12H12FN3/c1-12(2,3)10-4-8(13)7-16-9(5-14)6-15-11(10)16/h4,6-7H,1-3H3. The Morgan fingerprint density at radius 1 is 1.44 bits per heavy atom. The maximum absolute atomic E-state index is 13.5. The second kappa shape index (κ2) is 3.31. The molecule has 0 radical (unpaired) electrons. The Hall–Kier alpha value is -1.89. The van der Waals surface area contributed by atoms with Crippen LogP contribution in [-0.4, -0.2) is 9.38 Å². The van der Waals surface area contributed by atoms with Gasteiger partial charge in [0.25, 0.3) is 0 Å². The molecular formula is C12H12FN3. The van der Waals surface area contributed by atoms with Crippen LogP contribution in [0, 0.1) is 17.1 Å². The van der Waals surface area contributed by atoms with Crippen LogP contribution in [0.5, 0.6) is 0 Å². The van der Waals surface area contributed by atoms with Gasteiger partial charge in [-0.2, -0.15) is 5.26 Å². The predicted molar refractivity (Wildman–Crippen MR) is 58.6 cm³/mol. The highest BCUT2D eigenvalue weighted by molar-refractivity contribution is 5.54. The van der Waals surface area contributed by atoms with Crippen LogP contribution in [0.4, 0.5) is 4.39 Å². The van der Waals surface area contributed by atoms with Crippen LogP contribution < -0.4 is 0 Å². The number of rotatable bonds is 0. The van der Waals surface area contributed by atoms with Crippen LogP contribution in [-0.2, 0) is 5.41 Å². The van der Waals surface area contributed by atoms with Crippen molar-refractivity contribution < 1.29 is 4.39 Å². The molecule has 0 aliphatic carbocycles. The topological polar surface area (TPSA) is 41.1 Å². The van der Waals surface area contributed by atoms with Crippen LogP contribution in [0.1, 0.15) is 32.0 Å². The number of hydrogen-bond donors (Lipinski definition) is 0. The fourth-order valence-electron chi connectivity index (χ4n) is 1.69. The molecule has 0 aliphatic heterocycles. The van der Waals surface area contributed by atoms with Crippen molar-refractivity contribution in [2.45, 2.75) is 26.2 Å². The average molecular weight is 217 g/mol. The lowest BCUT2D eigenvalue weighted by atomic mass is 9.88. The largest absolute Gasteiger partial charge is 0.288 e. The van der Waals surface area contributed by atoms with Gasteiger partial charge in [0, 0.05) is 11.8 Å². The summed E-state index contributed by atoms with van der Waals surface area (Å²) >= 11 is 0. The first kappa shape index (κ1) is 10.6. The zero-order chi connectivity index (χ0) is 11.9. The van der Waals surface area contributed by atoms with Crippen molar-refractivity contribution in [2.75, 3.05) is 0 Å². The lowest BCUT2D eigenvalue weighted by Gasteiger charge is -2.19. The number of fused-ring (bicyclic) bond motifs is 1. The minimum Gasteiger partial charge on any atom is -0.288 e. The summed E-state index contributed by atoms with van der Waals surface area (Å²) in [5.74, 6) is -0.355. The van der Waals surface area contributed by atoms with E-state index in [-0.39, 0.29) is 11.2 Å². The minimum atomic E-state index is -0.355. The van der Waals surface area contributed by atoms with Gasteiger partial charge in [0.1, 0.15) is 23.2 Å². The maximum atomic E-state index is 13.5. The van der Waals surface area contributed by atoms with Gasteiger partial charge in [0.15, 0.2) is 0 Å². The third-order valence-corrected chi connectivity index (χ3v) is 2.49. The zero-order valence-corrected chi connectivity index (χ0v) is 9.45. The third kappa shape index (κ3) is 1.54. The number of nitriles is 1. The lowest BCUT2D eigenvalue weighted by Crippen LogP contribution is -2.14. The highest BCUT2D eigenvalue weighted by atomic mass is 19.1. The summed E-state index contributed by atoms with van der Waals surface area (Å²) in [5, 5.41) is 8.88. The number of imidazole rings is 1. The Bertz CT molecular complexity index is 585. The molecule has 0 bridgehead atoms. The fraction of sp³-hybridized carbons (Fsp3) is 0.333. The molecule has 0 saturated carbocycles. The van der Waals surface area contributed by atoms with E-state index in [0.717, 1.165) is 5.56 Å². The Labute approximate surface area is 93.2 Å². The van der Waals surface area contributed by atoms with Gasteiger partial charge in [-0.15, -0.1) is 0 Å². The second-order valence-corrected chi connectivity index (χ2v) is 4.77. The Balaban J connectivity index is 2.86. The first-order valence-electron chi connectivity index (χ1n) is 5.00. The van der Waals surface area contributed by atoms with E-state index in [4.69, 9.17) is 5.26 Å². The summed E-state index contributed by atoms with van der Waals surface area (Å²) < 4.78 is 15.0. The highest BCUT2D eigenvalue weighted by Crippen LogP contribution is 2.27. The maximum Gasteiger partial charge on any atom is 0.144 e. The normalized spacial score (nSPS) is 11.7. The van der Waals surface area contributed by atoms with Crippen molar-refractivity contribution in [3.63, 3.8) is 0 Å². The van der Waals surface area contributed by atoms with Crippen molar-refractivity contribution in [3.8, 4) is 6.07 Å². The minimum absolute atomic E-state index is 0.207. The SMILES string of the molecule is CC(C)(C)c1cc(F)cn2c(C#N)cnc12. The molecule has 82 valence electrons. The molecule has 0 aliphatic rings. The molecule has 0 N–H and O–H groups in total. The van der Waals surface area contributed by atoms with Crippen LogP contribution in [0.2, 0.25) is 0 Å². The van der Waals surface area contributed by atoms with Gasteiger partial charge in [0.2, 0.25) is 0 Å². The number of nitrogens with zero attached hydrogens (tertiary/aromatic N) is 3. The molecule has 0 spiro atoms. The van der Waals surface area contributed by atoms with E-state index < -0.39 is 0 Å². The van der Waals surface area contributed by atoms with E-state index in [1.807, 2.05) is 26.8 Å². The highest BCUT2D eigenvalue weighted by Gasteiger charge is 2.20. The van der Waals surface area contributed by atoms with Crippen LogP contribution >= 0.6 is 0 Å². The Kier molecular flexibility index (Phi) is 2.20. The van der Waals surface area contributed by atoms with Gasteiger partial charge < -0.3 is 0 Å². The molecule has 3 nitrogen and oxygen atoms in total. The third-order valence-electron chi connectivity index (χ3n) is 2.49. The van der Waals surface area contributed by atoms with Crippen molar-refractivity contribution in [1.29, 1.82) is 5.26 Å². The zero-order valence-electron chi connectivity index (χ0n) is 9.45. The molecule has 0 saturated heterocycles. The molecule has 2 heterocycles. The average Bonchev–Trinajstić information content (AvgIpc) is 2.57. The number of hydrogen-bond acceptors (Lipinski definition) is 2. The van der Waals surface area contributed by atoms with Crippen LogP contribution in [0.25, 0.3) is 5.65 Å². The summed E-state index contributed by atoms with van der Waals surface area (Å²) in [4.78, 5) is 4.17. The molecule has 0 aromatic carbocycles. The van der Waals surface area contributed by atoms with E-state index in [9.17, 15) is 4.39 Å². The van der Waals surface area contributed by atoms with Gasteiger partial charge in [-0.25, -0.2) is 9.37 Å². The summed E-state index contributed by atoms with van der Waals surface area (Å²) in [6.45, 7) is 5.97. The Morgan fingerprint density at radius 3 is 2.69 bits per heavy atom. The van der Waals surface area contributed by atoms with E-state index in [1.54, 1.807) is 0 Å². The van der Waals surface area contributed by atoms with Crippen molar-refractivity contribution in [1.82, 2.24) is 9.38 Å². The smallest absolute Gasteiger partial charge is 0.144 e. The van der Waals surface area contributed by atoms with Crippen molar-refractivity contribution >= 4 is 5.65 Å². The molecule has 2 aromatic heterocycles.